The quantitative estimate of drug-likeness (QED) is 0.350. The summed E-state index contributed by atoms with van der Waals surface area (Å²) in [6.07, 6.45) is 1.46. The number of rotatable bonds is 10. The average molecular weight is 521 g/mol. The zero-order chi connectivity index (χ0) is 24.7. The Labute approximate surface area is 210 Å². The van der Waals surface area contributed by atoms with Crippen LogP contribution in [0, 0.1) is 0 Å². The molecule has 34 heavy (non-hydrogen) atoms. The van der Waals surface area contributed by atoms with E-state index in [0.29, 0.717) is 43.6 Å². The van der Waals surface area contributed by atoms with E-state index < -0.39 is 5.97 Å². The molecule has 3 rings (SSSR count). The summed E-state index contributed by atoms with van der Waals surface area (Å²) in [7, 11) is 0. The molecular formula is C23H21ClN2O6S2. The molecule has 0 aliphatic carbocycles. The molecule has 0 saturated carbocycles. The molecule has 1 saturated heterocycles. The third-order valence-corrected chi connectivity index (χ3v) is 6.20. The van der Waals surface area contributed by atoms with Gasteiger partial charge in [0.15, 0.2) is 18.1 Å². The van der Waals surface area contributed by atoms with E-state index in [0.717, 1.165) is 11.8 Å². The van der Waals surface area contributed by atoms with Crippen LogP contribution >= 0.6 is 35.6 Å². The van der Waals surface area contributed by atoms with Gasteiger partial charge in [0, 0.05) is 6.54 Å². The summed E-state index contributed by atoms with van der Waals surface area (Å²) in [5.74, 6) is -0.962. The minimum absolute atomic E-state index is 0.0184. The number of amides is 2. The van der Waals surface area contributed by atoms with Crippen LogP contribution in [0.4, 0.5) is 5.69 Å². The number of thiocarbonyl (C=S) groups is 1. The van der Waals surface area contributed by atoms with Crippen molar-refractivity contribution in [3.05, 3.63) is 58.0 Å². The number of thioether (sulfide) groups is 1. The normalized spacial score (nSPS) is 14.4. The Bertz CT molecular complexity index is 1150. The van der Waals surface area contributed by atoms with Gasteiger partial charge in [0.05, 0.1) is 28.6 Å². The maximum absolute atomic E-state index is 12.6. The first-order chi connectivity index (χ1) is 16.3. The fourth-order valence-electron chi connectivity index (χ4n) is 2.95. The summed E-state index contributed by atoms with van der Waals surface area (Å²) in [5, 5.41) is 12.0. The fraction of sp³-hybridized carbons (Fsp3) is 0.217. The summed E-state index contributed by atoms with van der Waals surface area (Å²) in [6, 6.07) is 11.9. The largest absolute Gasteiger partial charge is 0.490 e. The maximum atomic E-state index is 12.6. The number of para-hydroxylation sites is 1. The van der Waals surface area contributed by atoms with E-state index in [1.165, 1.54) is 4.90 Å². The molecule has 0 bridgehead atoms. The smallest absolute Gasteiger partial charge is 0.305 e. The van der Waals surface area contributed by atoms with Gasteiger partial charge in [-0.3, -0.25) is 19.3 Å². The van der Waals surface area contributed by atoms with Crippen LogP contribution in [-0.4, -0.2) is 51.9 Å². The predicted molar refractivity (Wildman–Crippen MR) is 135 cm³/mol. The summed E-state index contributed by atoms with van der Waals surface area (Å²) in [6.45, 7) is 1.94. The van der Waals surface area contributed by atoms with Gasteiger partial charge < -0.3 is 19.9 Å². The van der Waals surface area contributed by atoms with E-state index >= 15 is 0 Å². The van der Waals surface area contributed by atoms with Gasteiger partial charge in [-0.1, -0.05) is 53.8 Å². The number of nitrogens with one attached hydrogen (secondary N) is 1. The van der Waals surface area contributed by atoms with E-state index in [4.69, 9.17) is 38.4 Å². The van der Waals surface area contributed by atoms with Gasteiger partial charge in [-0.25, -0.2) is 0 Å². The van der Waals surface area contributed by atoms with Crippen LogP contribution in [-0.2, 0) is 14.4 Å². The molecule has 1 fully saturated rings. The van der Waals surface area contributed by atoms with Gasteiger partial charge in [0.1, 0.15) is 4.32 Å². The number of carbonyl (C=O) groups is 3. The third kappa shape index (κ3) is 6.72. The first kappa shape index (κ1) is 25.5. The van der Waals surface area contributed by atoms with Crippen LogP contribution in [0.25, 0.3) is 6.08 Å². The van der Waals surface area contributed by atoms with Crippen LogP contribution in [0.3, 0.4) is 0 Å². The minimum atomic E-state index is -1.00. The summed E-state index contributed by atoms with van der Waals surface area (Å²) >= 11 is 12.4. The molecule has 2 N–H and O–H groups in total. The number of halogens is 1. The van der Waals surface area contributed by atoms with Crippen molar-refractivity contribution < 1.29 is 29.0 Å². The number of aliphatic carboxylic acids is 1. The molecule has 2 aromatic carbocycles. The average Bonchev–Trinajstić information content (AvgIpc) is 3.05. The molecule has 178 valence electrons. The van der Waals surface area contributed by atoms with Gasteiger partial charge in [-0.2, -0.15) is 0 Å². The third-order valence-electron chi connectivity index (χ3n) is 4.49. The molecule has 0 radical (unpaired) electrons. The highest BCUT2D eigenvalue weighted by atomic mass is 35.5. The lowest BCUT2D eigenvalue weighted by molar-refractivity contribution is -0.137. The monoisotopic (exact) mass is 520 g/mol. The number of anilines is 1. The van der Waals surface area contributed by atoms with E-state index in [2.05, 4.69) is 5.32 Å². The first-order valence-electron chi connectivity index (χ1n) is 10.2. The Morgan fingerprint density at radius 2 is 1.97 bits per heavy atom. The molecular weight excluding hydrogens is 500 g/mol. The second-order valence-corrected chi connectivity index (χ2v) is 9.02. The van der Waals surface area contributed by atoms with Crippen LogP contribution in [0.1, 0.15) is 18.9 Å². The van der Waals surface area contributed by atoms with Crippen LogP contribution in [0.5, 0.6) is 11.5 Å². The number of ether oxygens (including phenoxy) is 2. The molecule has 1 aliphatic heterocycles. The molecule has 0 unspecified atom stereocenters. The van der Waals surface area contributed by atoms with E-state index in [1.807, 2.05) is 6.92 Å². The van der Waals surface area contributed by atoms with Crippen molar-refractivity contribution in [3.63, 3.8) is 0 Å². The molecule has 2 amide bonds. The number of carboxylic acid groups (broad SMARTS) is 1. The Morgan fingerprint density at radius 1 is 1.21 bits per heavy atom. The second-order valence-electron chi connectivity index (χ2n) is 6.93. The van der Waals surface area contributed by atoms with E-state index in [9.17, 15) is 14.4 Å². The number of carbonyl (C=O) groups excluding carboxylic acids is 2. The highest BCUT2D eigenvalue weighted by molar-refractivity contribution is 8.26. The summed E-state index contributed by atoms with van der Waals surface area (Å²) in [4.78, 5) is 37.3. The Balaban J connectivity index is 1.69. The Kier molecular flexibility index (Phi) is 8.91. The van der Waals surface area contributed by atoms with Crippen LogP contribution in [0.2, 0.25) is 5.02 Å². The predicted octanol–water partition coefficient (Wildman–Crippen LogP) is 4.43. The fourth-order valence-corrected chi connectivity index (χ4v) is 4.44. The number of nitrogens with zero attached hydrogens (tertiary/aromatic N) is 1. The van der Waals surface area contributed by atoms with Crippen molar-refractivity contribution in [1.29, 1.82) is 0 Å². The maximum Gasteiger partial charge on any atom is 0.305 e. The molecule has 0 spiro atoms. The molecule has 8 nitrogen and oxygen atoms in total. The standard InChI is InChI=1S/C23H21ClN2O6S2/c1-2-31-18-11-14(12-19-22(30)26(23(33)34-19)10-9-21(28)29)7-8-17(18)32-13-20(27)25-16-6-4-3-5-15(16)24/h3-8,11-12H,2,9-10,13H2,1H3,(H,25,27)(H,28,29)/b19-12-. The molecule has 0 aromatic heterocycles. The van der Waals surface area contributed by atoms with Crippen molar-refractivity contribution in [2.75, 3.05) is 25.1 Å². The SMILES string of the molecule is CCOc1cc(/C=C2\SC(=S)N(CCC(=O)O)C2=O)ccc1OCC(=O)Nc1ccccc1Cl. The van der Waals surface area contributed by atoms with Crippen LogP contribution in [0.15, 0.2) is 47.4 Å². The van der Waals surface area contributed by atoms with Crippen LogP contribution < -0.4 is 14.8 Å². The van der Waals surface area contributed by atoms with E-state index in [1.54, 1.807) is 48.5 Å². The number of hydrogen-bond acceptors (Lipinski definition) is 7. The van der Waals surface area contributed by atoms with Crippen molar-refractivity contribution in [1.82, 2.24) is 4.90 Å². The van der Waals surface area contributed by atoms with Gasteiger partial charge in [0.2, 0.25) is 0 Å². The lowest BCUT2D eigenvalue weighted by Gasteiger charge is -2.13. The molecule has 2 aromatic rings. The Morgan fingerprint density at radius 3 is 2.68 bits per heavy atom. The molecule has 1 aliphatic rings. The van der Waals surface area contributed by atoms with E-state index in [-0.39, 0.29) is 31.4 Å². The second kappa shape index (κ2) is 11.9. The topological polar surface area (TPSA) is 105 Å². The highest BCUT2D eigenvalue weighted by Gasteiger charge is 2.32. The minimum Gasteiger partial charge on any atom is -0.490 e. The van der Waals surface area contributed by atoms with Gasteiger partial charge >= 0.3 is 5.97 Å². The van der Waals surface area contributed by atoms with Gasteiger partial charge in [0.25, 0.3) is 11.8 Å². The highest BCUT2D eigenvalue weighted by Crippen LogP contribution is 2.35. The van der Waals surface area contributed by atoms with Crippen molar-refractivity contribution >= 4 is 69.4 Å². The molecule has 11 heteroatoms. The first-order valence-corrected chi connectivity index (χ1v) is 11.8. The molecule has 1 heterocycles. The van der Waals surface area contributed by atoms with Crippen molar-refractivity contribution in [2.24, 2.45) is 0 Å². The molecule has 0 atom stereocenters. The number of benzene rings is 2. The Hall–Kier alpha value is -3.08. The lowest BCUT2D eigenvalue weighted by Crippen LogP contribution is -2.30. The lowest BCUT2D eigenvalue weighted by atomic mass is 10.2. The summed E-state index contributed by atoms with van der Waals surface area (Å²) < 4.78 is 11.6. The zero-order valence-corrected chi connectivity index (χ0v) is 20.5. The van der Waals surface area contributed by atoms with Gasteiger partial charge in [-0.15, -0.1) is 0 Å². The number of hydrogen-bond donors (Lipinski definition) is 2. The van der Waals surface area contributed by atoms with Gasteiger partial charge in [-0.05, 0) is 42.8 Å². The number of carboxylic acids is 1. The van der Waals surface area contributed by atoms with Crippen molar-refractivity contribution in [3.8, 4) is 11.5 Å². The van der Waals surface area contributed by atoms with Crippen molar-refractivity contribution in [2.45, 2.75) is 13.3 Å². The zero-order valence-electron chi connectivity index (χ0n) is 18.1. The summed E-state index contributed by atoms with van der Waals surface area (Å²) in [5.41, 5.74) is 1.15.